The molecule has 1 N–H and O–H groups in total. The molecule has 154 valence electrons. The first kappa shape index (κ1) is 19.9. The van der Waals surface area contributed by atoms with E-state index >= 15 is 0 Å². The molecule has 0 unspecified atom stereocenters. The summed E-state index contributed by atoms with van der Waals surface area (Å²) in [6, 6.07) is 11.2. The van der Waals surface area contributed by atoms with Gasteiger partial charge in [-0.05, 0) is 61.6 Å². The van der Waals surface area contributed by atoms with Crippen LogP contribution in [0.3, 0.4) is 0 Å². The van der Waals surface area contributed by atoms with Crippen molar-refractivity contribution in [2.75, 3.05) is 6.54 Å². The Bertz CT molecular complexity index is 1120. The molecule has 6 nitrogen and oxygen atoms in total. The van der Waals surface area contributed by atoms with Gasteiger partial charge in [0.05, 0.1) is 23.0 Å². The number of carbonyl (C=O) groups is 2. The second-order valence-electron chi connectivity index (χ2n) is 7.35. The van der Waals surface area contributed by atoms with Crippen LogP contribution in [0.5, 0.6) is 0 Å². The summed E-state index contributed by atoms with van der Waals surface area (Å²) in [6.45, 7) is 4.11. The van der Waals surface area contributed by atoms with Gasteiger partial charge in [-0.15, -0.1) is 0 Å². The Morgan fingerprint density at radius 1 is 1.23 bits per heavy atom. The minimum atomic E-state index is -0.869. The summed E-state index contributed by atoms with van der Waals surface area (Å²) in [7, 11) is 0. The van der Waals surface area contributed by atoms with E-state index in [0.717, 1.165) is 46.3 Å². The molecule has 1 aliphatic rings. The van der Waals surface area contributed by atoms with E-state index in [2.05, 4.69) is 5.32 Å². The number of pyridine rings is 1. The predicted octanol–water partition coefficient (Wildman–Crippen LogP) is 4.39. The van der Waals surface area contributed by atoms with E-state index in [-0.39, 0.29) is 5.91 Å². The zero-order valence-electron chi connectivity index (χ0n) is 17.1. The third-order valence-corrected chi connectivity index (χ3v) is 5.21. The zero-order valence-corrected chi connectivity index (χ0v) is 17.1. The first-order chi connectivity index (χ1) is 14.6. The number of nitrogens with one attached hydrogen (secondary N) is 1. The highest BCUT2D eigenvalue weighted by atomic mass is 16.5. The SMILES string of the molecule is CCCNC(=O)[C@H](C)OC(=O)c1c2c(nc3ccccc13)/C(=C/c1ccco1)CC2. The summed E-state index contributed by atoms with van der Waals surface area (Å²) < 4.78 is 11.0. The number of hydrogen-bond acceptors (Lipinski definition) is 5. The predicted molar refractivity (Wildman–Crippen MR) is 115 cm³/mol. The van der Waals surface area contributed by atoms with Gasteiger partial charge in [-0.3, -0.25) is 4.79 Å². The van der Waals surface area contributed by atoms with Crippen molar-refractivity contribution in [3.8, 4) is 0 Å². The zero-order chi connectivity index (χ0) is 21.1. The standard InChI is InChI=1S/C24H24N2O4/c1-3-12-25-23(27)15(2)30-24(28)21-18-8-4-5-9-20(18)26-22-16(10-11-19(21)22)14-17-7-6-13-29-17/h4-9,13-15H,3,10-12H2,1-2H3,(H,25,27)/b16-14+/t15-/m0/s1. The summed E-state index contributed by atoms with van der Waals surface area (Å²) in [4.78, 5) is 30.2. The van der Waals surface area contributed by atoms with Gasteiger partial charge in [-0.2, -0.15) is 0 Å². The van der Waals surface area contributed by atoms with E-state index in [0.29, 0.717) is 18.5 Å². The van der Waals surface area contributed by atoms with Crippen LogP contribution in [0.15, 0.2) is 47.1 Å². The number of amides is 1. The summed E-state index contributed by atoms with van der Waals surface area (Å²) in [6.07, 6.45) is 4.98. The van der Waals surface area contributed by atoms with E-state index in [1.54, 1.807) is 13.2 Å². The van der Waals surface area contributed by atoms with Gasteiger partial charge in [0.25, 0.3) is 5.91 Å². The Labute approximate surface area is 174 Å². The minimum Gasteiger partial charge on any atom is -0.465 e. The van der Waals surface area contributed by atoms with Gasteiger partial charge < -0.3 is 14.5 Å². The van der Waals surface area contributed by atoms with Crippen molar-refractivity contribution in [2.45, 2.75) is 39.2 Å². The van der Waals surface area contributed by atoms with Crippen LogP contribution in [0.4, 0.5) is 0 Å². The summed E-state index contributed by atoms with van der Waals surface area (Å²) in [5.74, 6) is -0.0417. The molecule has 1 atom stereocenters. The van der Waals surface area contributed by atoms with Crippen molar-refractivity contribution in [2.24, 2.45) is 0 Å². The number of allylic oxidation sites excluding steroid dienone is 1. The number of carbonyl (C=O) groups excluding carboxylic acids is 2. The van der Waals surface area contributed by atoms with Crippen molar-refractivity contribution in [3.63, 3.8) is 0 Å². The quantitative estimate of drug-likeness (QED) is 0.617. The Kier molecular flexibility index (Phi) is 5.65. The highest BCUT2D eigenvalue weighted by Gasteiger charge is 2.29. The number of esters is 1. The number of fused-ring (bicyclic) bond motifs is 2. The molecule has 6 heteroatoms. The maximum absolute atomic E-state index is 13.2. The minimum absolute atomic E-state index is 0.293. The van der Waals surface area contributed by atoms with Crippen LogP contribution in [0.2, 0.25) is 0 Å². The molecule has 0 spiro atoms. The van der Waals surface area contributed by atoms with Crippen LogP contribution in [0.25, 0.3) is 22.6 Å². The number of rotatable bonds is 6. The summed E-state index contributed by atoms with van der Waals surface area (Å²) in [5, 5.41) is 3.50. The van der Waals surface area contributed by atoms with Crippen LogP contribution < -0.4 is 5.32 Å². The van der Waals surface area contributed by atoms with Gasteiger partial charge >= 0.3 is 5.97 Å². The topological polar surface area (TPSA) is 81.4 Å². The largest absolute Gasteiger partial charge is 0.465 e. The fraction of sp³-hybridized carbons (Fsp3) is 0.292. The maximum atomic E-state index is 13.2. The van der Waals surface area contributed by atoms with Crippen LogP contribution in [0.1, 0.15) is 54.1 Å². The van der Waals surface area contributed by atoms with Crippen molar-refractivity contribution in [1.82, 2.24) is 10.3 Å². The Hall–Kier alpha value is -3.41. The molecule has 30 heavy (non-hydrogen) atoms. The summed E-state index contributed by atoms with van der Waals surface area (Å²) >= 11 is 0. The molecule has 0 bridgehead atoms. The molecule has 0 aliphatic heterocycles. The molecule has 2 heterocycles. The number of ether oxygens (including phenoxy) is 1. The van der Waals surface area contributed by atoms with Crippen molar-refractivity contribution in [3.05, 3.63) is 65.2 Å². The average Bonchev–Trinajstić information content (AvgIpc) is 3.40. The van der Waals surface area contributed by atoms with Crippen LogP contribution in [-0.2, 0) is 16.0 Å². The van der Waals surface area contributed by atoms with Crippen LogP contribution >= 0.6 is 0 Å². The third kappa shape index (κ3) is 3.85. The van der Waals surface area contributed by atoms with E-state index in [9.17, 15) is 9.59 Å². The molecule has 0 saturated carbocycles. The molecular formula is C24H24N2O4. The van der Waals surface area contributed by atoms with Gasteiger partial charge in [0.2, 0.25) is 0 Å². The van der Waals surface area contributed by atoms with Gasteiger partial charge in [0, 0.05) is 11.9 Å². The smallest absolute Gasteiger partial charge is 0.339 e. The van der Waals surface area contributed by atoms with E-state index < -0.39 is 12.1 Å². The van der Waals surface area contributed by atoms with E-state index in [1.807, 2.05) is 49.4 Å². The van der Waals surface area contributed by atoms with Gasteiger partial charge in [-0.25, -0.2) is 9.78 Å². The molecule has 1 aliphatic carbocycles. The normalized spacial score (nSPS) is 15.2. The lowest BCUT2D eigenvalue weighted by molar-refractivity contribution is -0.129. The number of benzene rings is 1. The third-order valence-electron chi connectivity index (χ3n) is 5.21. The first-order valence-corrected chi connectivity index (χ1v) is 10.2. The lowest BCUT2D eigenvalue weighted by atomic mass is 10.0. The molecule has 3 aromatic rings. The van der Waals surface area contributed by atoms with Crippen molar-refractivity contribution in [1.29, 1.82) is 0 Å². The lowest BCUT2D eigenvalue weighted by Crippen LogP contribution is -2.36. The Balaban J connectivity index is 1.73. The molecule has 0 fully saturated rings. The van der Waals surface area contributed by atoms with Gasteiger partial charge in [-0.1, -0.05) is 25.1 Å². The van der Waals surface area contributed by atoms with Gasteiger partial charge in [0.15, 0.2) is 6.10 Å². The highest BCUT2D eigenvalue weighted by molar-refractivity contribution is 6.07. The Morgan fingerprint density at radius 2 is 2.07 bits per heavy atom. The molecular weight excluding hydrogens is 380 g/mol. The monoisotopic (exact) mass is 404 g/mol. The van der Waals surface area contributed by atoms with Gasteiger partial charge in [0.1, 0.15) is 5.76 Å². The number of nitrogens with zero attached hydrogens (tertiary/aromatic N) is 1. The van der Waals surface area contributed by atoms with Crippen molar-refractivity contribution < 1.29 is 18.7 Å². The number of hydrogen-bond donors (Lipinski definition) is 1. The van der Waals surface area contributed by atoms with Crippen LogP contribution in [0, 0.1) is 0 Å². The molecule has 1 amide bonds. The fourth-order valence-corrected chi connectivity index (χ4v) is 3.72. The second-order valence-corrected chi connectivity index (χ2v) is 7.35. The second kappa shape index (κ2) is 8.53. The number of furan rings is 1. The lowest BCUT2D eigenvalue weighted by Gasteiger charge is -2.16. The molecule has 0 radical (unpaired) electrons. The number of aromatic nitrogens is 1. The first-order valence-electron chi connectivity index (χ1n) is 10.2. The molecule has 0 saturated heterocycles. The molecule has 1 aromatic carbocycles. The van der Waals surface area contributed by atoms with E-state index in [4.69, 9.17) is 14.1 Å². The molecule has 4 rings (SSSR count). The fourth-order valence-electron chi connectivity index (χ4n) is 3.72. The maximum Gasteiger partial charge on any atom is 0.339 e. The van der Waals surface area contributed by atoms with Crippen LogP contribution in [-0.4, -0.2) is 29.5 Å². The Morgan fingerprint density at radius 3 is 2.83 bits per heavy atom. The number of para-hydroxylation sites is 1. The van der Waals surface area contributed by atoms with E-state index in [1.165, 1.54) is 0 Å². The highest BCUT2D eigenvalue weighted by Crippen LogP contribution is 2.37. The summed E-state index contributed by atoms with van der Waals surface area (Å²) in [5.41, 5.74) is 3.89. The average molecular weight is 404 g/mol. The van der Waals surface area contributed by atoms with Crippen molar-refractivity contribution >= 4 is 34.4 Å². The molecule has 2 aromatic heterocycles.